The van der Waals surface area contributed by atoms with Crippen molar-refractivity contribution in [2.24, 2.45) is 5.92 Å². The molecule has 5 nitrogen and oxygen atoms in total. The molecule has 1 aliphatic carbocycles. The molecule has 0 saturated carbocycles. The molecule has 2 heterocycles. The Morgan fingerprint density at radius 3 is 2.64 bits per heavy atom. The summed E-state index contributed by atoms with van der Waals surface area (Å²) >= 11 is 0. The second kappa shape index (κ2) is 9.30. The fourth-order valence-corrected chi connectivity index (χ4v) is 5.88. The summed E-state index contributed by atoms with van der Waals surface area (Å²) in [6.45, 7) is 9.80. The minimum Gasteiger partial charge on any atom is -0.326 e. The number of amides is 1. The van der Waals surface area contributed by atoms with Crippen LogP contribution >= 0.6 is 0 Å². The van der Waals surface area contributed by atoms with Crippen molar-refractivity contribution < 1.29 is 4.79 Å². The zero-order valence-corrected chi connectivity index (χ0v) is 20.2. The van der Waals surface area contributed by atoms with Crippen molar-refractivity contribution in [3.05, 3.63) is 58.9 Å². The molecule has 3 aromatic rings. The lowest BCUT2D eigenvalue weighted by Gasteiger charge is -2.34. The number of benzene rings is 2. The zero-order chi connectivity index (χ0) is 22.9. The van der Waals surface area contributed by atoms with Gasteiger partial charge in [0, 0.05) is 37.8 Å². The maximum absolute atomic E-state index is 11.9. The lowest BCUT2D eigenvalue weighted by Crippen LogP contribution is -2.38. The lowest BCUT2D eigenvalue weighted by molar-refractivity contribution is -0.116. The van der Waals surface area contributed by atoms with E-state index >= 15 is 0 Å². The van der Waals surface area contributed by atoms with Gasteiger partial charge in [0.2, 0.25) is 5.91 Å². The highest BCUT2D eigenvalue weighted by atomic mass is 16.1. The standard InChI is InChI=1S/C28H36N4O/c1-4-5-28(33)30-24-8-7-22-15-21(16-23(22)17-24)18-31-12-10-25(11-13-31)32-20(3)29-26-14-19(2)6-9-27(26)32/h6-9,14,17,21,25H,4-5,10-13,15-16,18H2,1-3H3,(H,30,33). The predicted molar refractivity (Wildman–Crippen MR) is 135 cm³/mol. The number of anilines is 1. The lowest BCUT2D eigenvalue weighted by atomic mass is 10.0. The number of rotatable bonds is 6. The summed E-state index contributed by atoms with van der Waals surface area (Å²) in [5.41, 5.74) is 7.51. The van der Waals surface area contributed by atoms with E-state index in [0.29, 0.717) is 18.4 Å². The molecule has 1 saturated heterocycles. The summed E-state index contributed by atoms with van der Waals surface area (Å²) in [6, 6.07) is 13.7. The van der Waals surface area contributed by atoms with Gasteiger partial charge in [0.05, 0.1) is 11.0 Å². The van der Waals surface area contributed by atoms with E-state index in [-0.39, 0.29) is 5.91 Å². The fraction of sp³-hybridized carbons (Fsp3) is 0.500. The minimum absolute atomic E-state index is 0.117. The molecule has 1 aromatic heterocycles. The predicted octanol–water partition coefficient (Wildman–Crippen LogP) is 5.44. The third-order valence-electron chi connectivity index (χ3n) is 7.44. The van der Waals surface area contributed by atoms with Crippen molar-refractivity contribution in [2.75, 3.05) is 25.0 Å². The SMILES string of the molecule is CCCC(=O)Nc1ccc2c(c1)CC(CN1CCC(n3c(C)nc4cc(C)ccc43)CC1)C2. The van der Waals surface area contributed by atoms with Crippen LogP contribution < -0.4 is 5.32 Å². The smallest absolute Gasteiger partial charge is 0.224 e. The molecule has 1 N–H and O–H groups in total. The van der Waals surface area contributed by atoms with Crippen LogP contribution in [0.1, 0.15) is 61.2 Å². The Bertz CT molecular complexity index is 1160. The van der Waals surface area contributed by atoms with Gasteiger partial charge in [0.25, 0.3) is 0 Å². The van der Waals surface area contributed by atoms with Crippen molar-refractivity contribution in [3.63, 3.8) is 0 Å². The average Bonchev–Trinajstić information content (AvgIpc) is 3.33. The van der Waals surface area contributed by atoms with E-state index in [1.54, 1.807) is 0 Å². The molecule has 1 atom stereocenters. The first kappa shape index (κ1) is 22.1. The number of fused-ring (bicyclic) bond motifs is 2. The van der Waals surface area contributed by atoms with Crippen molar-refractivity contribution in [1.29, 1.82) is 0 Å². The molecule has 2 aromatic carbocycles. The van der Waals surface area contributed by atoms with E-state index in [0.717, 1.165) is 49.4 Å². The van der Waals surface area contributed by atoms with Gasteiger partial charge in [0.15, 0.2) is 0 Å². The number of nitrogens with zero attached hydrogens (tertiary/aromatic N) is 3. The van der Waals surface area contributed by atoms with Gasteiger partial charge in [-0.3, -0.25) is 4.79 Å². The van der Waals surface area contributed by atoms with Crippen LogP contribution in [-0.4, -0.2) is 40.0 Å². The van der Waals surface area contributed by atoms with Gasteiger partial charge in [-0.05, 0) is 92.8 Å². The summed E-state index contributed by atoms with van der Waals surface area (Å²) in [5, 5.41) is 3.05. The van der Waals surface area contributed by atoms with Gasteiger partial charge in [-0.1, -0.05) is 19.1 Å². The van der Waals surface area contributed by atoms with E-state index < -0.39 is 0 Å². The number of nitrogens with one attached hydrogen (secondary N) is 1. The summed E-state index contributed by atoms with van der Waals surface area (Å²) in [4.78, 5) is 19.4. The zero-order valence-electron chi connectivity index (χ0n) is 20.2. The van der Waals surface area contributed by atoms with E-state index in [9.17, 15) is 4.79 Å². The monoisotopic (exact) mass is 444 g/mol. The van der Waals surface area contributed by atoms with Crippen LogP contribution in [0.4, 0.5) is 5.69 Å². The molecule has 5 heteroatoms. The molecule has 5 rings (SSSR count). The third-order valence-corrected chi connectivity index (χ3v) is 7.44. The Balaban J connectivity index is 1.17. The quantitative estimate of drug-likeness (QED) is 0.550. The van der Waals surface area contributed by atoms with Gasteiger partial charge in [-0.2, -0.15) is 0 Å². The van der Waals surface area contributed by atoms with Gasteiger partial charge < -0.3 is 14.8 Å². The maximum atomic E-state index is 11.9. The van der Waals surface area contributed by atoms with Crippen molar-refractivity contribution >= 4 is 22.6 Å². The molecule has 33 heavy (non-hydrogen) atoms. The number of aromatic nitrogens is 2. The normalized spacial score (nSPS) is 19.2. The van der Waals surface area contributed by atoms with Crippen LogP contribution in [0.3, 0.4) is 0 Å². The average molecular weight is 445 g/mol. The van der Waals surface area contributed by atoms with Gasteiger partial charge in [-0.25, -0.2) is 4.98 Å². The van der Waals surface area contributed by atoms with Crippen LogP contribution in [0.15, 0.2) is 36.4 Å². The molecular weight excluding hydrogens is 408 g/mol. The molecule has 174 valence electrons. The molecule has 0 radical (unpaired) electrons. The molecular formula is C28H36N4O. The largest absolute Gasteiger partial charge is 0.326 e. The van der Waals surface area contributed by atoms with Gasteiger partial charge >= 0.3 is 0 Å². The summed E-state index contributed by atoms with van der Waals surface area (Å²) in [5.74, 6) is 1.94. The van der Waals surface area contributed by atoms with Crippen LogP contribution in [0.2, 0.25) is 0 Å². The van der Waals surface area contributed by atoms with E-state index in [4.69, 9.17) is 4.98 Å². The van der Waals surface area contributed by atoms with E-state index in [1.807, 2.05) is 6.92 Å². The second-order valence-electron chi connectivity index (χ2n) is 10.1. The first-order chi connectivity index (χ1) is 16.0. The second-order valence-corrected chi connectivity index (χ2v) is 10.1. The number of imidazole rings is 1. The van der Waals surface area contributed by atoms with Crippen LogP contribution in [0.25, 0.3) is 11.0 Å². The first-order valence-corrected chi connectivity index (χ1v) is 12.6. The topological polar surface area (TPSA) is 50.2 Å². The summed E-state index contributed by atoms with van der Waals surface area (Å²) < 4.78 is 2.48. The number of hydrogen-bond acceptors (Lipinski definition) is 3. The van der Waals surface area contributed by atoms with E-state index in [1.165, 1.54) is 41.6 Å². The number of piperidine rings is 1. The van der Waals surface area contributed by atoms with Gasteiger partial charge in [-0.15, -0.1) is 0 Å². The Labute approximate surface area is 197 Å². The van der Waals surface area contributed by atoms with Crippen LogP contribution in [-0.2, 0) is 17.6 Å². The maximum Gasteiger partial charge on any atom is 0.224 e. The number of likely N-dealkylation sites (tertiary alicyclic amines) is 1. The Morgan fingerprint density at radius 2 is 1.85 bits per heavy atom. The molecule has 0 spiro atoms. The number of carbonyl (C=O) groups excluding carboxylic acids is 1. The first-order valence-electron chi connectivity index (χ1n) is 12.6. The molecule has 1 amide bonds. The highest BCUT2D eigenvalue weighted by molar-refractivity contribution is 5.90. The Hall–Kier alpha value is -2.66. The molecule has 1 fully saturated rings. The van der Waals surface area contributed by atoms with Crippen molar-refractivity contribution in [1.82, 2.24) is 14.5 Å². The summed E-state index contributed by atoms with van der Waals surface area (Å²) in [7, 11) is 0. The number of carbonyl (C=O) groups is 1. The van der Waals surface area contributed by atoms with Crippen molar-refractivity contribution in [3.8, 4) is 0 Å². The molecule has 0 bridgehead atoms. The number of aryl methyl sites for hydroxylation is 2. The highest BCUT2D eigenvalue weighted by Gasteiger charge is 2.28. The summed E-state index contributed by atoms with van der Waals surface area (Å²) in [6.07, 6.45) is 6.12. The van der Waals surface area contributed by atoms with Crippen molar-refractivity contribution in [2.45, 2.75) is 65.3 Å². The van der Waals surface area contributed by atoms with E-state index in [2.05, 4.69) is 65.0 Å². The number of hydrogen-bond donors (Lipinski definition) is 1. The molecule has 1 unspecified atom stereocenters. The molecule has 1 aliphatic heterocycles. The van der Waals surface area contributed by atoms with Crippen LogP contribution in [0.5, 0.6) is 0 Å². The fourth-order valence-electron chi connectivity index (χ4n) is 5.88. The highest BCUT2D eigenvalue weighted by Crippen LogP contribution is 2.33. The van der Waals surface area contributed by atoms with Gasteiger partial charge in [0.1, 0.15) is 5.82 Å². The molecule has 2 aliphatic rings. The van der Waals surface area contributed by atoms with Crippen LogP contribution in [0, 0.1) is 19.8 Å². The Kier molecular flexibility index (Phi) is 6.24. The Morgan fingerprint density at radius 1 is 1.06 bits per heavy atom. The minimum atomic E-state index is 0.117. The third kappa shape index (κ3) is 4.70.